The molecule has 0 saturated carbocycles. The van der Waals surface area contributed by atoms with E-state index in [0.717, 1.165) is 0 Å². The molecule has 0 spiro atoms. The van der Waals surface area contributed by atoms with Gasteiger partial charge in [-0.25, -0.2) is 9.78 Å². The molecule has 2 rings (SSSR count). The molecule has 0 radical (unpaired) electrons. The number of aryl methyl sites for hydroxylation is 3. The second-order valence-electron chi connectivity index (χ2n) is 5.92. The molecule has 0 aliphatic carbocycles. The number of nitrogens with zero attached hydrogens (tertiary/aromatic N) is 2. The summed E-state index contributed by atoms with van der Waals surface area (Å²) < 4.78 is 1.54. The lowest BCUT2D eigenvalue weighted by atomic mass is 10.0. The third-order valence-electron chi connectivity index (χ3n) is 4.12. The van der Waals surface area contributed by atoms with Gasteiger partial charge in [0.2, 0.25) is 5.91 Å². The van der Waals surface area contributed by atoms with Crippen molar-refractivity contribution in [1.29, 1.82) is 0 Å². The predicted octanol–water partition coefficient (Wildman–Crippen LogP) is 0.790. The molecule has 0 saturated heterocycles. The van der Waals surface area contributed by atoms with Crippen LogP contribution >= 0.6 is 0 Å². The number of nitrogens with one attached hydrogen (secondary N) is 2. The maximum Gasteiger partial charge on any atom is 0.326 e. The summed E-state index contributed by atoms with van der Waals surface area (Å²) in [6.07, 6.45) is 1.01. The minimum atomic E-state index is -1.05. The van der Waals surface area contributed by atoms with Gasteiger partial charge in [0, 0.05) is 12.7 Å². The average molecular weight is 334 g/mol. The Kier molecular flexibility index (Phi) is 5.06. The normalized spacial score (nSPS) is 12.3. The highest BCUT2D eigenvalue weighted by molar-refractivity contribution is 5.87. The number of carboxylic acid groups (broad SMARTS) is 1. The summed E-state index contributed by atoms with van der Waals surface area (Å²) in [6, 6.07) is -0.903. The highest BCUT2D eigenvalue weighted by Gasteiger charge is 2.21. The molecule has 2 aromatic heterocycles. The van der Waals surface area contributed by atoms with Gasteiger partial charge in [0.05, 0.1) is 11.8 Å². The fraction of sp³-hybridized carbons (Fsp3) is 0.500. The van der Waals surface area contributed by atoms with Crippen LogP contribution in [0.1, 0.15) is 36.6 Å². The summed E-state index contributed by atoms with van der Waals surface area (Å²) in [5.41, 5.74) is 2.27. The number of aliphatic carboxylic acids is 1. The van der Waals surface area contributed by atoms with Crippen molar-refractivity contribution in [3.63, 3.8) is 0 Å². The van der Waals surface area contributed by atoms with Crippen LogP contribution in [-0.4, -0.2) is 37.8 Å². The summed E-state index contributed by atoms with van der Waals surface area (Å²) in [7, 11) is 1.70. The van der Waals surface area contributed by atoms with Gasteiger partial charge in [-0.2, -0.15) is 0 Å². The summed E-state index contributed by atoms with van der Waals surface area (Å²) >= 11 is 0. The zero-order valence-corrected chi connectivity index (χ0v) is 14.3. The molecule has 0 fully saturated rings. The Morgan fingerprint density at radius 3 is 2.62 bits per heavy atom. The number of fused-ring (bicyclic) bond motifs is 1. The maximum absolute atomic E-state index is 12.2. The molecule has 2 aromatic rings. The summed E-state index contributed by atoms with van der Waals surface area (Å²) in [5, 5.41) is 14.8. The largest absolute Gasteiger partial charge is 0.480 e. The van der Waals surface area contributed by atoms with Crippen molar-refractivity contribution in [2.75, 3.05) is 0 Å². The van der Waals surface area contributed by atoms with Crippen LogP contribution in [0.25, 0.3) is 11.0 Å². The van der Waals surface area contributed by atoms with Crippen molar-refractivity contribution in [3.05, 3.63) is 27.2 Å². The van der Waals surface area contributed by atoms with Crippen molar-refractivity contribution in [2.24, 2.45) is 7.05 Å². The second kappa shape index (κ2) is 6.86. The van der Waals surface area contributed by atoms with E-state index in [4.69, 9.17) is 5.11 Å². The quantitative estimate of drug-likeness (QED) is 0.722. The molecule has 1 atom stereocenters. The Labute approximate surface area is 138 Å². The van der Waals surface area contributed by atoms with Gasteiger partial charge in [-0.15, -0.1) is 0 Å². The van der Waals surface area contributed by atoms with Crippen molar-refractivity contribution >= 4 is 22.9 Å². The minimum absolute atomic E-state index is 0.0115. The first kappa shape index (κ1) is 17.7. The van der Waals surface area contributed by atoms with Gasteiger partial charge in [-0.3, -0.25) is 19.4 Å². The van der Waals surface area contributed by atoms with Crippen LogP contribution in [0.15, 0.2) is 4.79 Å². The fourth-order valence-electron chi connectivity index (χ4n) is 2.86. The number of carboxylic acids is 1. The van der Waals surface area contributed by atoms with Crippen LogP contribution in [0.3, 0.4) is 0 Å². The zero-order chi connectivity index (χ0) is 18.0. The van der Waals surface area contributed by atoms with Crippen molar-refractivity contribution in [1.82, 2.24) is 20.1 Å². The zero-order valence-electron chi connectivity index (χ0n) is 14.3. The number of carbonyl (C=O) groups excluding carboxylic acids is 1. The van der Waals surface area contributed by atoms with E-state index in [1.54, 1.807) is 25.6 Å². The first-order valence-electron chi connectivity index (χ1n) is 7.83. The molecular formula is C16H22N4O4. The highest BCUT2D eigenvalue weighted by atomic mass is 16.4. The van der Waals surface area contributed by atoms with Crippen LogP contribution < -0.4 is 10.9 Å². The molecule has 2 heterocycles. The first-order valence-corrected chi connectivity index (χ1v) is 7.83. The Morgan fingerprint density at radius 2 is 2.04 bits per heavy atom. The number of aromatic nitrogens is 3. The maximum atomic E-state index is 12.2. The lowest BCUT2D eigenvalue weighted by Crippen LogP contribution is -2.41. The van der Waals surface area contributed by atoms with Gasteiger partial charge in [-0.1, -0.05) is 13.3 Å². The lowest BCUT2D eigenvalue weighted by molar-refractivity contribution is -0.141. The molecule has 3 N–H and O–H groups in total. The van der Waals surface area contributed by atoms with Crippen molar-refractivity contribution in [3.8, 4) is 0 Å². The van der Waals surface area contributed by atoms with E-state index in [-0.39, 0.29) is 12.0 Å². The molecule has 0 bridgehead atoms. The topological polar surface area (TPSA) is 117 Å². The Hall–Kier alpha value is -2.64. The smallest absolute Gasteiger partial charge is 0.326 e. The third-order valence-corrected chi connectivity index (χ3v) is 4.12. The Bertz CT molecular complexity index is 850. The van der Waals surface area contributed by atoms with E-state index >= 15 is 0 Å². The second-order valence-corrected chi connectivity index (χ2v) is 5.92. The molecule has 8 nitrogen and oxygen atoms in total. The number of carbonyl (C=O) groups is 2. The van der Waals surface area contributed by atoms with E-state index < -0.39 is 17.9 Å². The number of pyridine rings is 1. The summed E-state index contributed by atoms with van der Waals surface area (Å²) in [6.45, 7) is 5.40. The lowest BCUT2D eigenvalue weighted by Gasteiger charge is -2.15. The number of H-pyrrole nitrogens is 1. The molecule has 24 heavy (non-hydrogen) atoms. The van der Waals surface area contributed by atoms with Gasteiger partial charge >= 0.3 is 5.97 Å². The van der Waals surface area contributed by atoms with Gasteiger partial charge in [-0.05, 0) is 31.4 Å². The summed E-state index contributed by atoms with van der Waals surface area (Å²) in [4.78, 5) is 39.8. The van der Waals surface area contributed by atoms with Crippen LogP contribution in [0.2, 0.25) is 0 Å². The monoisotopic (exact) mass is 334 g/mol. The average Bonchev–Trinajstić information content (AvgIpc) is 2.77. The molecule has 8 heteroatoms. The Morgan fingerprint density at radius 1 is 1.38 bits per heavy atom. The minimum Gasteiger partial charge on any atom is -0.480 e. The molecule has 0 aliphatic rings. The third kappa shape index (κ3) is 3.32. The SMILES string of the molecule is CCCC(NC(=O)Cc1c(C)nc2c(c1C)c(=O)[nH]n2C)C(=O)O. The van der Waals surface area contributed by atoms with Crippen LogP contribution in [0.4, 0.5) is 0 Å². The van der Waals surface area contributed by atoms with Crippen LogP contribution in [-0.2, 0) is 23.1 Å². The number of rotatable bonds is 6. The Balaban J connectivity index is 2.33. The van der Waals surface area contributed by atoms with Gasteiger partial charge < -0.3 is 10.4 Å². The molecular weight excluding hydrogens is 312 g/mol. The molecule has 130 valence electrons. The van der Waals surface area contributed by atoms with E-state index in [1.807, 2.05) is 6.92 Å². The van der Waals surface area contributed by atoms with E-state index in [0.29, 0.717) is 40.7 Å². The molecule has 1 unspecified atom stereocenters. The standard InChI is InChI=1S/C16H22N4O4/c1-5-6-11(16(23)24)18-12(21)7-10-8(2)13-14(17-9(10)3)20(4)19-15(13)22/h11H,5-7H2,1-4H3,(H,18,21)(H,19,22)(H,23,24). The number of amides is 1. The van der Waals surface area contributed by atoms with Gasteiger partial charge in [0.15, 0.2) is 5.65 Å². The van der Waals surface area contributed by atoms with Gasteiger partial charge in [0.25, 0.3) is 5.56 Å². The molecule has 0 aromatic carbocycles. The van der Waals surface area contributed by atoms with E-state index in [1.165, 1.54) is 0 Å². The number of aromatic amines is 1. The predicted molar refractivity (Wildman–Crippen MR) is 89.0 cm³/mol. The van der Waals surface area contributed by atoms with Crippen LogP contribution in [0, 0.1) is 13.8 Å². The number of hydrogen-bond acceptors (Lipinski definition) is 4. The van der Waals surface area contributed by atoms with Crippen molar-refractivity contribution < 1.29 is 14.7 Å². The fourth-order valence-corrected chi connectivity index (χ4v) is 2.86. The highest BCUT2D eigenvalue weighted by Crippen LogP contribution is 2.20. The first-order chi connectivity index (χ1) is 11.3. The molecule has 0 aliphatic heterocycles. The van der Waals surface area contributed by atoms with Crippen LogP contribution in [0.5, 0.6) is 0 Å². The number of hydrogen-bond donors (Lipinski definition) is 3. The van der Waals surface area contributed by atoms with Gasteiger partial charge in [0.1, 0.15) is 6.04 Å². The van der Waals surface area contributed by atoms with E-state index in [9.17, 15) is 14.4 Å². The van der Waals surface area contributed by atoms with E-state index in [2.05, 4.69) is 15.4 Å². The molecule has 1 amide bonds. The van der Waals surface area contributed by atoms with Crippen molar-refractivity contribution in [2.45, 2.75) is 46.1 Å². The summed E-state index contributed by atoms with van der Waals surface area (Å²) in [5.74, 6) is -1.44.